The topological polar surface area (TPSA) is 69.0 Å². The Morgan fingerprint density at radius 3 is 2.05 bits per heavy atom. The number of nitrogens with zero attached hydrogens (tertiary/aromatic N) is 1. The van der Waals surface area contributed by atoms with Crippen LogP contribution in [0.15, 0.2) is 218 Å². The van der Waals surface area contributed by atoms with Crippen LogP contribution in [-0.4, -0.2) is 23.3 Å². The Labute approximate surface area is 371 Å². The number of anilines is 2. The van der Waals surface area contributed by atoms with Gasteiger partial charge in [-0.1, -0.05) is 152 Å². The highest BCUT2D eigenvalue weighted by Crippen LogP contribution is 2.45. The number of rotatable bonds is 14. The first kappa shape index (κ1) is 44.8. The van der Waals surface area contributed by atoms with Gasteiger partial charge in [0.1, 0.15) is 0 Å². The number of aromatic nitrogens is 1. The van der Waals surface area contributed by atoms with Crippen LogP contribution in [0.4, 0.5) is 11.4 Å². The monoisotopic (exact) mass is 832 g/mol. The average Bonchev–Trinajstić information content (AvgIpc) is 3.62. The van der Waals surface area contributed by atoms with Crippen molar-refractivity contribution in [2.24, 2.45) is 11.5 Å². The van der Waals surface area contributed by atoms with E-state index in [4.69, 9.17) is 11.5 Å². The van der Waals surface area contributed by atoms with Crippen LogP contribution in [0.5, 0.6) is 0 Å². The Kier molecular flexibility index (Phi) is 15.6. The number of hydrogen-bond donors (Lipinski definition) is 3. The number of nitrogens with two attached hydrogens (primary N) is 2. The number of nitrogens with one attached hydrogen (secondary N) is 1. The lowest BCUT2D eigenvalue weighted by Crippen LogP contribution is -1.98. The third-order valence-corrected chi connectivity index (χ3v) is 12.2. The molecule has 0 fully saturated rings. The summed E-state index contributed by atoms with van der Waals surface area (Å²) in [7, 11) is -0.757. The maximum atomic E-state index is 6.48. The zero-order chi connectivity index (χ0) is 43.9. The van der Waals surface area contributed by atoms with Crippen LogP contribution in [0.1, 0.15) is 42.5 Å². The van der Waals surface area contributed by atoms with Gasteiger partial charge in [-0.05, 0) is 132 Å². The van der Waals surface area contributed by atoms with Crippen molar-refractivity contribution in [3.63, 3.8) is 0 Å². The van der Waals surface area contributed by atoms with Crippen LogP contribution in [0.2, 0.25) is 0 Å². The van der Waals surface area contributed by atoms with Crippen molar-refractivity contribution >= 4 is 65.7 Å². The third-order valence-electron chi connectivity index (χ3n) is 10.5. The van der Waals surface area contributed by atoms with E-state index < -0.39 is 10.0 Å². The molecular weight excluding hydrogens is 773 g/mol. The predicted octanol–water partition coefficient (Wildman–Crippen LogP) is 14.8. The molecule has 314 valence electrons. The fourth-order valence-corrected chi connectivity index (χ4v) is 8.27. The molecule has 0 amide bonds. The first-order chi connectivity index (χ1) is 30.1. The first-order valence-corrected chi connectivity index (χ1v) is 23.9. The average molecular weight is 833 g/mol. The highest BCUT2D eigenvalue weighted by molar-refractivity contribution is 8.32. The summed E-state index contributed by atoms with van der Waals surface area (Å²) in [6.45, 7) is 8.94. The molecule has 0 saturated heterocycles. The number of allylic oxidation sites excluding steroid dienone is 12. The van der Waals surface area contributed by atoms with Crippen molar-refractivity contribution in [1.82, 2.24) is 4.57 Å². The van der Waals surface area contributed by atoms with Gasteiger partial charge in [0.05, 0.1) is 11.0 Å². The Bertz CT molecular complexity index is 2770. The number of benzene rings is 6. The van der Waals surface area contributed by atoms with Crippen molar-refractivity contribution in [2.45, 2.75) is 31.7 Å². The van der Waals surface area contributed by atoms with Gasteiger partial charge in [-0.2, -0.15) is 0 Å². The second-order valence-corrected chi connectivity index (χ2v) is 19.9. The van der Waals surface area contributed by atoms with Crippen LogP contribution in [0.25, 0.3) is 44.3 Å². The summed E-state index contributed by atoms with van der Waals surface area (Å²) < 4.78 is 2.35. The van der Waals surface area contributed by atoms with Crippen molar-refractivity contribution in [1.29, 1.82) is 0 Å². The highest BCUT2D eigenvalue weighted by atomic mass is 32.3. The lowest BCUT2D eigenvalue weighted by Gasteiger charge is -2.25. The number of fused-ring (bicyclic) bond motifs is 3. The van der Waals surface area contributed by atoms with Gasteiger partial charge in [0.2, 0.25) is 0 Å². The van der Waals surface area contributed by atoms with E-state index in [1.807, 2.05) is 54.6 Å². The molecule has 0 radical (unpaired) electrons. The van der Waals surface area contributed by atoms with E-state index in [0.717, 1.165) is 68.1 Å². The van der Waals surface area contributed by atoms with E-state index >= 15 is 0 Å². The first-order valence-electron chi connectivity index (χ1n) is 21.1. The van der Waals surface area contributed by atoms with Gasteiger partial charge < -0.3 is 21.4 Å². The van der Waals surface area contributed by atoms with Crippen LogP contribution in [0, 0.1) is 0 Å². The summed E-state index contributed by atoms with van der Waals surface area (Å²) in [6.07, 6.45) is 26.7. The Hall–Kier alpha value is -6.79. The van der Waals surface area contributed by atoms with Crippen LogP contribution < -0.4 is 16.8 Å². The molecule has 0 spiro atoms. The van der Waals surface area contributed by atoms with E-state index in [0.29, 0.717) is 6.54 Å². The van der Waals surface area contributed by atoms with Gasteiger partial charge in [-0.3, -0.25) is 0 Å². The van der Waals surface area contributed by atoms with Gasteiger partial charge in [-0.15, -0.1) is 0 Å². The maximum Gasteiger partial charge on any atom is 0.0541 e. The summed E-state index contributed by atoms with van der Waals surface area (Å²) in [5, 5.41) is 6.01. The Morgan fingerprint density at radius 1 is 0.726 bits per heavy atom. The molecule has 1 aromatic heterocycles. The van der Waals surface area contributed by atoms with E-state index in [1.165, 1.54) is 21.2 Å². The quantitative estimate of drug-likeness (QED) is 0.0956. The minimum atomic E-state index is -0.757. The minimum Gasteiger partial charge on any atom is -0.398 e. The van der Waals surface area contributed by atoms with Gasteiger partial charge in [-0.25, -0.2) is 10.0 Å². The van der Waals surface area contributed by atoms with Gasteiger partial charge in [0.15, 0.2) is 0 Å². The lowest BCUT2D eigenvalue weighted by molar-refractivity contribution is 1.07. The standard InChI is InChI=1S/C50H51N3S.C7H9N/c1-7-19-39(35-37(3)44-24-15-17-27-48(44)52-41-21-11-9-12-22-41)40-31-34-50-46(36-40)45-25-16-18-28-49(45)53(50)42(20-8-2)23-13-10-14-26-47(51)38-29-32-43(33-30-38)54(4,5)6;8-6-7-4-2-1-3-5-7/h7-13,15-36,52H,1,14,51H2,2-6H3;1-5H,6,8H2/b13-10+,20-8-,37-35+,39-19+,42-23+,47-26-;. The van der Waals surface area contributed by atoms with Crippen molar-refractivity contribution < 1.29 is 0 Å². The molecule has 0 unspecified atom stereocenters. The Balaban J connectivity index is 0.000000720. The van der Waals surface area contributed by atoms with E-state index in [1.54, 1.807) is 0 Å². The second kappa shape index (κ2) is 21.6. The molecule has 62 heavy (non-hydrogen) atoms. The number of hydrogen-bond acceptors (Lipinski definition) is 3. The molecule has 0 atom stereocenters. The largest absolute Gasteiger partial charge is 0.398 e. The van der Waals surface area contributed by atoms with Crippen LogP contribution in [0.3, 0.4) is 0 Å². The van der Waals surface area contributed by atoms with Crippen LogP contribution in [-0.2, 0) is 6.54 Å². The summed E-state index contributed by atoms with van der Waals surface area (Å²) in [5.41, 5.74) is 24.9. The molecule has 0 aliphatic carbocycles. The predicted molar refractivity (Wildman–Crippen MR) is 277 cm³/mol. The summed E-state index contributed by atoms with van der Waals surface area (Å²) in [5.74, 6) is 0. The minimum absolute atomic E-state index is 0.640. The molecular formula is C57H60N4S. The second-order valence-electron chi connectivity index (χ2n) is 15.8. The van der Waals surface area contributed by atoms with Gasteiger partial charge >= 0.3 is 0 Å². The zero-order valence-electron chi connectivity index (χ0n) is 36.8. The normalized spacial score (nSPS) is 13.1. The third kappa shape index (κ3) is 11.5. The molecule has 6 aromatic carbocycles. The fraction of sp³-hybridized carbons (Fsp3) is 0.123. The van der Waals surface area contributed by atoms with E-state index in [-0.39, 0.29) is 0 Å². The molecule has 0 bridgehead atoms. The van der Waals surface area contributed by atoms with Crippen molar-refractivity contribution in [3.05, 3.63) is 235 Å². The number of para-hydroxylation sites is 3. The lowest BCUT2D eigenvalue weighted by atomic mass is 9.97. The molecule has 5 N–H and O–H groups in total. The zero-order valence-corrected chi connectivity index (χ0v) is 37.6. The Morgan fingerprint density at radius 2 is 1.37 bits per heavy atom. The molecule has 4 nitrogen and oxygen atoms in total. The summed E-state index contributed by atoms with van der Waals surface area (Å²) >= 11 is 0. The van der Waals surface area contributed by atoms with E-state index in [9.17, 15) is 0 Å². The van der Waals surface area contributed by atoms with Crippen molar-refractivity contribution in [2.75, 3.05) is 24.1 Å². The van der Waals surface area contributed by atoms with E-state index in [2.05, 4.69) is 201 Å². The summed E-state index contributed by atoms with van der Waals surface area (Å²) in [4.78, 5) is 1.39. The molecule has 0 aliphatic rings. The molecule has 1 heterocycles. The fourth-order valence-electron chi connectivity index (χ4n) is 7.31. The van der Waals surface area contributed by atoms with Crippen molar-refractivity contribution in [3.8, 4) is 0 Å². The smallest absolute Gasteiger partial charge is 0.0541 e. The maximum absolute atomic E-state index is 6.48. The molecule has 0 aliphatic heterocycles. The summed E-state index contributed by atoms with van der Waals surface area (Å²) in [6, 6.07) is 52.8. The SMILES string of the molecule is C=C/C=C(\C=C(/C)c1ccccc1Nc1ccccc1)c1ccc2c(c1)c1ccccc1n2C(/C=C\C)=C/C=C/C/C=C(\N)c1ccc(S(C)(C)C)cc1.NCc1ccccc1. The molecule has 7 rings (SSSR count). The van der Waals surface area contributed by atoms with Crippen LogP contribution >= 0.6 is 10.0 Å². The molecule has 0 saturated carbocycles. The molecule has 7 aromatic rings. The molecule has 5 heteroatoms. The highest BCUT2D eigenvalue weighted by Gasteiger charge is 2.14. The van der Waals surface area contributed by atoms with Gasteiger partial charge in [0.25, 0.3) is 0 Å². The van der Waals surface area contributed by atoms with Gasteiger partial charge in [0, 0.05) is 45.6 Å².